The van der Waals surface area contributed by atoms with E-state index in [1.54, 1.807) is 20.2 Å². The minimum absolute atomic E-state index is 0.123. The number of nitrogens with one attached hydrogen (secondary N) is 1. The fourth-order valence-electron chi connectivity index (χ4n) is 5.19. The first-order chi connectivity index (χ1) is 16.9. The summed E-state index contributed by atoms with van der Waals surface area (Å²) in [6.07, 6.45) is 5.67. The van der Waals surface area contributed by atoms with Crippen LogP contribution in [0.25, 0.3) is 0 Å². The number of amides is 1. The standard InChI is InChI=1S/C27H38ClN5O2/c1-31(2)26(34)23-11-12-24(29-25(23)28)33-17-13-21(14-18-33)8-7-16-32(3)30-27(15-19-35-20-27)22-9-5-4-6-10-22/h4-6,9-12,21,30H,7-8,13-20H2,1-3H3/t27-/m0/s1. The number of nitrogens with zero attached hydrogens (tertiary/aromatic N) is 4. The molecule has 2 aliphatic rings. The van der Waals surface area contributed by atoms with Crippen molar-refractivity contribution in [2.24, 2.45) is 5.92 Å². The Hall–Kier alpha value is -2.19. The average molecular weight is 500 g/mol. The van der Waals surface area contributed by atoms with Gasteiger partial charge in [-0.15, -0.1) is 0 Å². The van der Waals surface area contributed by atoms with Crippen LogP contribution in [0.5, 0.6) is 0 Å². The van der Waals surface area contributed by atoms with Crippen molar-refractivity contribution in [3.63, 3.8) is 0 Å². The highest BCUT2D eigenvalue weighted by molar-refractivity contribution is 6.32. The molecule has 1 aromatic carbocycles. The molecular formula is C27H38ClN5O2. The average Bonchev–Trinajstić information content (AvgIpc) is 3.34. The van der Waals surface area contributed by atoms with Crippen LogP contribution in [0.3, 0.4) is 0 Å². The van der Waals surface area contributed by atoms with Gasteiger partial charge in [0.05, 0.1) is 17.7 Å². The molecule has 2 fully saturated rings. The molecule has 35 heavy (non-hydrogen) atoms. The van der Waals surface area contributed by atoms with E-state index >= 15 is 0 Å². The van der Waals surface area contributed by atoms with Gasteiger partial charge in [0.1, 0.15) is 11.0 Å². The van der Waals surface area contributed by atoms with Gasteiger partial charge in [-0.1, -0.05) is 41.9 Å². The molecule has 0 saturated carbocycles. The first-order valence-corrected chi connectivity index (χ1v) is 13.0. The third-order valence-electron chi connectivity index (χ3n) is 7.27. The zero-order chi connectivity index (χ0) is 24.8. The lowest BCUT2D eigenvalue weighted by atomic mass is 9.90. The minimum atomic E-state index is -0.123. The molecule has 2 aliphatic heterocycles. The van der Waals surface area contributed by atoms with E-state index in [0.29, 0.717) is 12.2 Å². The topological polar surface area (TPSA) is 60.9 Å². The number of rotatable bonds is 9. The number of anilines is 1. The van der Waals surface area contributed by atoms with E-state index in [0.717, 1.165) is 63.7 Å². The number of benzene rings is 1. The lowest BCUT2D eigenvalue weighted by Crippen LogP contribution is -2.51. The Morgan fingerprint density at radius 3 is 2.54 bits per heavy atom. The number of halogens is 1. The van der Waals surface area contributed by atoms with Gasteiger partial charge in [0, 0.05) is 47.4 Å². The van der Waals surface area contributed by atoms with E-state index in [4.69, 9.17) is 16.3 Å². The Bertz CT molecular complexity index is 973. The molecule has 4 rings (SSSR count). The number of hydrazine groups is 1. The van der Waals surface area contributed by atoms with Gasteiger partial charge in [-0.2, -0.15) is 0 Å². The van der Waals surface area contributed by atoms with Crippen molar-refractivity contribution in [1.29, 1.82) is 0 Å². The molecule has 0 unspecified atom stereocenters. The highest BCUT2D eigenvalue weighted by Crippen LogP contribution is 2.31. The number of carbonyl (C=O) groups is 1. The van der Waals surface area contributed by atoms with Crippen molar-refractivity contribution in [2.75, 3.05) is 58.9 Å². The minimum Gasteiger partial charge on any atom is -0.379 e. The number of aromatic nitrogens is 1. The third-order valence-corrected chi connectivity index (χ3v) is 7.56. The van der Waals surface area contributed by atoms with Crippen LogP contribution in [0.15, 0.2) is 42.5 Å². The SMILES string of the molecule is CN(CCCC1CCN(c2ccc(C(=O)N(C)C)c(Cl)n2)CC1)N[C@@]1(c2ccccc2)CCOC1. The number of ether oxygens (including phenoxy) is 1. The van der Waals surface area contributed by atoms with E-state index in [9.17, 15) is 4.79 Å². The van der Waals surface area contributed by atoms with Gasteiger partial charge in [-0.3, -0.25) is 4.79 Å². The lowest BCUT2D eigenvalue weighted by molar-refractivity contribution is 0.0827. The molecule has 3 heterocycles. The molecule has 190 valence electrons. The molecule has 1 atom stereocenters. The van der Waals surface area contributed by atoms with Gasteiger partial charge in [0.2, 0.25) is 0 Å². The second-order valence-corrected chi connectivity index (χ2v) is 10.4. The molecule has 0 radical (unpaired) electrons. The highest BCUT2D eigenvalue weighted by atomic mass is 35.5. The van der Waals surface area contributed by atoms with Gasteiger partial charge in [0.15, 0.2) is 0 Å². The first kappa shape index (κ1) is 25.9. The van der Waals surface area contributed by atoms with Crippen LogP contribution in [-0.4, -0.2) is 74.8 Å². The molecule has 2 saturated heterocycles. The van der Waals surface area contributed by atoms with Crippen molar-refractivity contribution in [1.82, 2.24) is 20.3 Å². The summed E-state index contributed by atoms with van der Waals surface area (Å²) in [7, 11) is 5.58. The molecular weight excluding hydrogens is 462 g/mol. The largest absolute Gasteiger partial charge is 0.379 e. The van der Waals surface area contributed by atoms with E-state index < -0.39 is 0 Å². The number of piperidine rings is 1. The summed E-state index contributed by atoms with van der Waals surface area (Å²) in [5.41, 5.74) is 5.38. The predicted octanol–water partition coefficient (Wildman–Crippen LogP) is 4.19. The summed E-state index contributed by atoms with van der Waals surface area (Å²) in [5.74, 6) is 1.46. The van der Waals surface area contributed by atoms with Crippen LogP contribution in [-0.2, 0) is 10.3 Å². The smallest absolute Gasteiger partial charge is 0.256 e. The van der Waals surface area contributed by atoms with Crippen LogP contribution < -0.4 is 10.3 Å². The van der Waals surface area contributed by atoms with Crippen molar-refractivity contribution in [2.45, 2.75) is 37.6 Å². The zero-order valence-electron chi connectivity index (χ0n) is 21.2. The van der Waals surface area contributed by atoms with Crippen molar-refractivity contribution >= 4 is 23.3 Å². The van der Waals surface area contributed by atoms with E-state index in [2.05, 4.69) is 57.7 Å². The Labute approximate surface area is 214 Å². The van der Waals surface area contributed by atoms with Crippen LogP contribution in [0.1, 0.15) is 48.0 Å². The molecule has 7 nitrogen and oxygen atoms in total. The quantitative estimate of drug-likeness (QED) is 0.412. The highest BCUT2D eigenvalue weighted by Gasteiger charge is 2.37. The lowest BCUT2D eigenvalue weighted by Gasteiger charge is -2.35. The monoisotopic (exact) mass is 499 g/mol. The fourth-order valence-corrected chi connectivity index (χ4v) is 5.42. The zero-order valence-corrected chi connectivity index (χ0v) is 21.9. The fraction of sp³-hybridized carbons (Fsp3) is 0.556. The molecule has 1 N–H and O–H groups in total. The van der Waals surface area contributed by atoms with Gasteiger partial charge in [-0.25, -0.2) is 15.4 Å². The van der Waals surface area contributed by atoms with Crippen LogP contribution in [0, 0.1) is 5.92 Å². The molecule has 0 aliphatic carbocycles. The summed E-state index contributed by atoms with van der Waals surface area (Å²) >= 11 is 6.32. The molecule has 0 spiro atoms. The second kappa shape index (κ2) is 11.7. The van der Waals surface area contributed by atoms with Gasteiger partial charge in [0.25, 0.3) is 5.91 Å². The maximum absolute atomic E-state index is 12.2. The maximum Gasteiger partial charge on any atom is 0.256 e. The van der Waals surface area contributed by atoms with Crippen LogP contribution in [0.4, 0.5) is 5.82 Å². The molecule has 2 aromatic rings. The summed E-state index contributed by atoms with van der Waals surface area (Å²) in [5, 5.41) is 2.53. The van der Waals surface area contributed by atoms with Crippen LogP contribution in [0.2, 0.25) is 5.15 Å². The molecule has 8 heteroatoms. The summed E-state index contributed by atoms with van der Waals surface area (Å²) in [6, 6.07) is 14.4. The van der Waals surface area contributed by atoms with Crippen molar-refractivity contribution in [3.05, 3.63) is 58.7 Å². The van der Waals surface area contributed by atoms with Gasteiger partial charge < -0.3 is 14.5 Å². The molecule has 0 bridgehead atoms. The second-order valence-electron chi connectivity index (χ2n) is 10.1. The van der Waals surface area contributed by atoms with E-state index in [-0.39, 0.29) is 16.6 Å². The number of pyridine rings is 1. The van der Waals surface area contributed by atoms with Gasteiger partial charge >= 0.3 is 0 Å². The Balaban J connectivity index is 1.22. The van der Waals surface area contributed by atoms with E-state index in [1.165, 1.54) is 16.9 Å². The Morgan fingerprint density at radius 1 is 1.17 bits per heavy atom. The summed E-state index contributed by atoms with van der Waals surface area (Å²) in [4.78, 5) is 20.5. The van der Waals surface area contributed by atoms with Crippen molar-refractivity contribution < 1.29 is 9.53 Å². The summed E-state index contributed by atoms with van der Waals surface area (Å²) in [6.45, 7) is 4.45. The van der Waals surface area contributed by atoms with Crippen LogP contribution >= 0.6 is 11.6 Å². The number of hydrogen-bond donors (Lipinski definition) is 1. The Kier molecular flexibility index (Phi) is 8.65. The Morgan fingerprint density at radius 2 is 1.91 bits per heavy atom. The van der Waals surface area contributed by atoms with Crippen molar-refractivity contribution in [3.8, 4) is 0 Å². The normalized spacial score (nSPS) is 21.0. The predicted molar refractivity (Wildman–Crippen MR) is 141 cm³/mol. The number of hydrogen-bond acceptors (Lipinski definition) is 6. The summed E-state index contributed by atoms with van der Waals surface area (Å²) < 4.78 is 5.77. The third kappa shape index (κ3) is 6.33. The van der Waals surface area contributed by atoms with Gasteiger partial charge in [-0.05, 0) is 55.7 Å². The molecule has 1 aromatic heterocycles. The maximum atomic E-state index is 12.2. The first-order valence-electron chi connectivity index (χ1n) is 12.6. The number of carbonyl (C=O) groups excluding carboxylic acids is 1. The molecule has 1 amide bonds. The van der Waals surface area contributed by atoms with E-state index in [1.807, 2.05) is 6.07 Å².